The zero-order chi connectivity index (χ0) is 16.1. The summed E-state index contributed by atoms with van der Waals surface area (Å²) in [4.78, 5) is 12.2. The van der Waals surface area contributed by atoms with E-state index in [0.717, 1.165) is 0 Å². The number of methoxy groups -OCH3 is 1. The monoisotopic (exact) mass is 323 g/mol. The lowest BCUT2D eigenvalue weighted by Gasteiger charge is -2.16. The summed E-state index contributed by atoms with van der Waals surface area (Å²) in [5, 5.41) is 3.10. The van der Waals surface area contributed by atoms with Crippen molar-refractivity contribution in [1.82, 2.24) is 0 Å². The Morgan fingerprint density at radius 1 is 1.23 bits per heavy atom. The highest BCUT2D eigenvalue weighted by atomic mass is 35.5. The van der Waals surface area contributed by atoms with Gasteiger partial charge in [0.15, 0.2) is 17.7 Å². The van der Waals surface area contributed by atoms with Crippen molar-refractivity contribution < 1.29 is 18.7 Å². The molecule has 2 aromatic rings. The molecule has 0 bridgehead atoms. The van der Waals surface area contributed by atoms with E-state index in [4.69, 9.17) is 21.1 Å². The summed E-state index contributed by atoms with van der Waals surface area (Å²) in [6.07, 6.45) is -0.888. The normalized spacial score (nSPS) is 11.6. The van der Waals surface area contributed by atoms with Crippen LogP contribution in [0.25, 0.3) is 0 Å². The number of carbonyl (C=O) groups excluding carboxylic acids is 1. The minimum absolute atomic E-state index is 0.0169. The van der Waals surface area contributed by atoms with Gasteiger partial charge in [-0.3, -0.25) is 4.79 Å². The van der Waals surface area contributed by atoms with Crippen LogP contribution in [0.5, 0.6) is 11.5 Å². The first kappa shape index (κ1) is 16.1. The second kappa shape index (κ2) is 7.13. The molecular weight excluding hydrogens is 309 g/mol. The molecule has 0 saturated heterocycles. The van der Waals surface area contributed by atoms with Crippen LogP contribution >= 0.6 is 11.6 Å². The minimum atomic E-state index is -0.888. The van der Waals surface area contributed by atoms with Gasteiger partial charge >= 0.3 is 0 Å². The Labute approximate surface area is 132 Å². The van der Waals surface area contributed by atoms with Gasteiger partial charge in [-0.2, -0.15) is 0 Å². The lowest BCUT2D eigenvalue weighted by molar-refractivity contribution is -0.122. The molecule has 0 aliphatic rings. The van der Waals surface area contributed by atoms with E-state index in [-0.39, 0.29) is 5.75 Å². The molecule has 1 atom stereocenters. The van der Waals surface area contributed by atoms with Crippen LogP contribution in [0.1, 0.15) is 6.92 Å². The molecule has 0 aliphatic heterocycles. The van der Waals surface area contributed by atoms with Crippen LogP contribution in [0.15, 0.2) is 42.5 Å². The number of halogens is 2. The molecule has 6 heteroatoms. The summed E-state index contributed by atoms with van der Waals surface area (Å²) in [6.45, 7) is 1.53. The van der Waals surface area contributed by atoms with Crippen LogP contribution in [0, 0.1) is 5.82 Å². The number of hydrogen-bond acceptors (Lipinski definition) is 3. The van der Waals surface area contributed by atoms with E-state index >= 15 is 0 Å². The molecule has 1 N–H and O–H groups in total. The highest BCUT2D eigenvalue weighted by Gasteiger charge is 2.18. The van der Waals surface area contributed by atoms with Gasteiger partial charge in [-0.25, -0.2) is 4.39 Å². The lowest BCUT2D eigenvalue weighted by atomic mass is 10.2. The minimum Gasteiger partial charge on any atom is -0.495 e. The first-order valence-corrected chi connectivity index (χ1v) is 6.94. The molecule has 0 aliphatic carbocycles. The molecule has 22 heavy (non-hydrogen) atoms. The number of amides is 1. The Hall–Kier alpha value is -2.27. The van der Waals surface area contributed by atoms with Gasteiger partial charge in [0.2, 0.25) is 0 Å². The number of hydrogen-bond donors (Lipinski definition) is 1. The van der Waals surface area contributed by atoms with E-state index in [0.29, 0.717) is 16.5 Å². The standard InChI is InChI=1S/C16H15ClFNO3/c1-10(22-14-6-4-3-5-12(14)18)16(20)19-13-9-11(17)7-8-15(13)21-2/h3-10H,1-2H3,(H,19,20)/t10-/m0/s1. The average molecular weight is 324 g/mol. The summed E-state index contributed by atoms with van der Waals surface area (Å²) in [7, 11) is 1.48. The fourth-order valence-corrected chi connectivity index (χ4v) is 1.97. The Kier molecular flexibility index (Phi) is 5.22. The second-order valence-electron chi connectivity index (χ2n) is 4.52. The molecule has 0 spiro atoms. The second-order valence-corrected chi connectivity index (χ2v) is 4.96. The van der Waals surface area contributed by atoms with Gasteiger partial charge in [-0.1, -0.05) is 23.7 Å². The zero-order valence-corrected chi connectivity index (χ0v) is 12.9. The first-order chi connectivity index (χ1) is 10.5. The van der Waals surface area contributed by atoms with Gasteiger partial charge in [0.25, 0.3) is 5.91 Å². The number of benzene rings is 2. The third-order valence-corrected chi connectivity index (χ3v) is 3.16. The molecule has 1 amide bonds. The van der Waals surface area contributed by atoms with Crippen LogP contribution in [0.2, 0.25) is 5.02 Å². The fraction of sp³-hybridized carbons (Fsp3) is 0.188. The SMILES string of the molecule is COc1ccc(Cl)cc1NC(=O)[C@H](C)Oc1ccccc1F. The Morgan fingerprint density at radius 2 is 1.95 bits per heavy atom. The van der Waals surface area contributed by atoms with Gasteiger partial charge in [0.05, 0.1) is 12.8 Å². The van der Waals surface area contributed by atoms with Crippen LogP contribution < -0.4 is 14.8 Å². The summed E-state index contributed by atoms with van der Waals surface area (Å²) < 4.78 is 24.0. The quantitative estimate of drug-likeness (QED) is 0.908. The summed E-state index contributed by atoms with van der Waals surface area (Å²) in [6, 6.07) is 10.7. The number of ether oxygens (including phenoxy) is 2. The van der Waals surface area contributed by atoms with Crippen molar-refractivity contribution in [2.75, 3.05) is 12.4 Å². The van der Waals surface area contributed by atoms with E-state index in [2.05, 4.69) is 5.32 Å². The Balaban J connectivity index is 2.09. The summed E-state index contributed by atoms with van der Waals surface area (Å²) in [5.74, 6) is -0.481. The topological polar surface area (TPSA) is 47.6 Å². The van der Waals surface area contributed by atoms with Crippen molar-refractivity contribution in [2.45, 2.75) is 13.0 Å². The van der Waals surface area contributed by atoms with Crippen molar-refractivity contribution in [3.63, 3.8) is 0 Å². The number of anilines is 1. The smallest absolute Gasteiger partial charge is 0.265 e. The predicted octanol–water partition coefficient (Wildman–Crippen LogP) is 3.89. The van der Waals surface area contributed by atoms with E-state index in [1.54, 1.807) is 30.3 Å². The molecule has 0 fully saturated rings. The van der Waals surface area contributed by atoms with Crippen LogP contribution in [0.3, 0.4) is 0 Å². The van der Waals surface area contributed by atoms with E-state index in [1.807, 2.05) is 0 Å². The highest BCUT2D eigenvalue weighted by Crippen LogP contribution is 2.28. The van der Waals surface area contributed by atoms with Crippen molar-refractivity contribution >= 4 is 23.2 Å². The molecule has 2 aromatic carbocycles. The maximum Gasteiger partial charge on any atom is 0.265 e. The van der Waals surface area contributed by atoms with Crippen LogP contribution in [-0.2, 0) is 4.79 Å². The van der Waals surface area contributed by atoms with Crippen LogP contribution in [-0.4, -0.2) is 19.1 Å². The molecule has 116 valence electrons. The summed E-state index contributed by atoms with van der Waals surface area (Å²) in [5.41, 5.74) is 0.420. The number of rotatable bonds is 5. The zero-order valence-electron chi connectivity index (χ0n) is 12.1. The molecule has 2 rings (SSSR count). The van der Waals surface area contributed by atoms with Crippen molar-refractivity contribution in [3.05, 3.63) is 53.3 Å². The van der Waals surface area contributed by atoms with Crippen molar-refractivity contribution in [1.29, 1.82) is 0 Å². The maximum absolute atomic E-state index is 13.5. The fourth-order valence-electron chi connectivity index (χ4n) is 1.80. The predicted molar refractivity (Wildman–Crippen MR) is 83.1 cm³/mol. The average Bonchev–Trinajstić information content (AvgIpc) is 2.49. The summed E-state index contributed by atoms with van der Waals surface area (Å²) >= 11 is 5.90. The first-order valence-electron chi connectivity index (χ1n) is 6.57. The van der Waals surface area contributed by atoms with E-state index < -0.39 is 17.8 Å². The number of para-hydroxylation sites is 1. The van der Waals surface area contributed by atoms with Gasteiger partial charge in [-0.05, 0) is 37.3 Å². The van der Waals surface area contributed by atoms with E-state index in [1.165, 1.54) is 26.2 Å². The molecule has 4 nitrogen and oxygen atoms in total. The molecule has 0 unspecified atom stereocenters. The van der Waals surface area contributed by atoms with E-state index in [9.17, 15) is 9.18 Å². The van der Waals surface area contributed by atoms with Gasteiger partial charge in [-0.15, -0.1) is 0 Å². The molecule has 0 saturated carbocycles. The Bertz CT molecular complexity index is 678. The highest BCUT2D eigenvalue weighted by molar-refractivity contribution is 6.31. The van der Waals surface area contributed by atoms with Crippen molar-refractivity contribution in [3.8, 4) is 11.5 Å². The maximum atomic E-state index is 13.5. The largest absolute Gasteiger partial charge is 0.495 e. The van der Waals surface area contributed by atoms with Gasteiger partial charge in [0.1, 0.15) is 5.75 Å². The number of carbonyl (C=O) groups is 1. The Morgan fingerprint density at radius 3 is 2.64 bits per heavy atom. The number of nitrogens with one attached hydrogen (secondary N) is 1. The van der Waals surface area contributed by atoms with Gasteiger partial charge in [0, 0.05) is 5.02 Å². The molecule has 0 aromatic heterocycles. The van der Waals surface area contributed by atoms with Crippen LogP contribution in [0.4, 0.5) is 10.1 Å². The van der Waals surface area contributed by atoms with Crippen molar-refractivity contribution in [2.24, 2.45) is 0 Å². The lowest BCUT2D eigenvalue weighted by Crippen LogP contribution is -2.30. The molecule has 0 heterocycles. The third kappa shape index (κ3) is 3.89. The molecule has 0 radical (unpaired) electrons. The van der Waals surface area contributed by atoms with Gasteiger partial charge < -0.3 is 14.8 Å². The third-order valence-electron chi connectivity index (χ3n) is 2.93. The molecular formula is C16H15ClFNO3.